The van der Waals surface area contributed by atoms with Gasteiger partial charge in [0.15, 0.2) is 5.69 Å². The Balaban J connectivity index is 1.93. The van der Waals surface area contributed by atoms with Crippen molar-refractivity contribution in [3.63, 3.8) is 0 Å². The van der Waals surface area contributed by atoms with E-state index in [9.17, 15) is 14.4 Å². The highest BCUT2D eigenvalue weighted by atomic mass is 16.5. The van der Waals surface area contributed by atoms with E-state index in [-0.39, 0.29) is 31.1 Å². The first-order valence-corrected chi connectivity index (χ1v) is 11.4. The lowest BCUT2D eigenvalue weighted by atomic mass is 10.2. The summed E-state index contributed by atoms with van der Waals surface area (Å²) in [5.41, 5.74) is 6.36. The second-order valence-electron chi connectivity index (χ2n) is 7.74. The average molecular weight is 482 g/mol. The van der Waals surface area contributed by atoms with Crippen LogP contribution in [0.1, 0.15) is 18.9 Å². The van der Waals surface area contributed by atoms with Crippen LogP contribution in [0.2, 0.25) is 0 Å². The van der Waals surface area contributed by atoms with Gasteiger partial charge in [-0.25, -0.2) is 4.79 Å². The number of aromatic nitrogens is 2. The SMILES string of the molecule is CCOc1ccccc1NCC(=O)N(CCCOC)c1c(N)n(Cc2ccccc2)c(=O)[nH]c1=O. The molecule has 1 amide bonds. The Bertz CT molecular complexity index is 1240. The molecule has 10 nitrogen and oxygen atoms in total. The second-order valence-corrected chi connectivity index (χ2v) is 7.74. The quantitative estimate of drug-likeness (QED) is 0.337. The highest BCUT2D eigenvalue weighted by Crippen LogP contribution is 2.24. The molecule has 0 aliphatic carbocycles. The van der Waals surface area contributed by atoms with Crippen molar-refractivity contribution in [3.05, 3.63) is 81.0 Å². The Morgan fingerprint density at radius 2 is 1.83 bits per heavy atom. The Morgan fingerprint density at radius 1 is 1.11 bits per heavy atom. The van der Waals surface area contributed by atoms with Crippen LogP contribution in [0, 0.1) is 0 Å². The molecule has 0 atom stereocenters. The maximum Gasteiger partial charge on any atom is 0.330 e. The highest BCUT2D eigenvalue weighted by molar-refractivity contribution is 5.98. The molecule has 0 bridgehead atoms. The monoisotopic (exact) mass is 481 g/mol. The van der Waals surface area contributed by atoms with E-state index in [1.54, 1.807) is 19.2 Å². The lowest BCUT2D eigenvalue weighted by Crippen LogP contribution is -2.44. The summed E-state index contributed by atoms with van der Waals surface area (Å²) in [6.45, 7) is 2.94. The number of amides is 1. The molecule has 0 aliphatic rings. The van der Waals surface area contributed by atoms with Crippen LogP contribution in [0.4, 0.5) is 17.2 Å². The summed E-state index contributed by atoms with van der Waals surface area (Å²) in [7, 11) is 1.56. The summed E-state index contributed by atoms with van der Waals surface area (Å²) in [5.74, 6) is 0.139. The summed E-state index contributed by atoms with van der Waals surface area (Å²) in [6.07, 6.45) is 0.467. The number of nitrogens with two attached hydrogens (primary N) is 1. The molecule has 35 heavy (non-hydrogen) atoms. The molecule has 0 fully saturated rings. The number of para-hydroxylation sites is 2. The fraction of sp³-hybridized carbons (Fsp3) is 0.320. The maximum atomic E-state index is 13.3. The summed E-state index contributed by atoms with van der Waals surface area (Å²) in [5, 5.41) is 3.07. The minimum atomic E-state index is -0.725. The van der Waals surface area contributed by atoms with E-state index in [2.05, 4.69) is 10.3 Å². The largest absolute Gasteiger partial charge is 0.492 e. The molecule has 10 heteroatoms. The molecular formula is C25H31N5O5. The smallest absolute Gasteiger partial charge is 0.330 e. The Morgan fingerprint density at radius 3 is 2.54 bits per heavy atom. The Labute approximate surface area is 203 Å². The van der Waals surface area contributed by atoms with Gasteiger partial charge in [-0.1, -0.05) is 42.5 Å². The van der Waals surface area contributed by atoms with Gasteiger partial charge in [-0.05, 0) is 31.0 Å². The summed E-state index contributed by atoms with van der Waals surface area (Å²) < 4.78 is 12.0. The van der Waals surface area contributed by atoms with Crippen LogP contribution in [0.3, 0.4) is 0 Å². The number of hydrogen-bond donors (Lipinski definition) is 3. The molecule has 1 heterocycles. The van der Waals surface area contributed by atoms with Crippen LogP contribution in [0.15, 0.2) is 64.2 Å². The second kappa shape index (κ2) is 12.4. The van der Waals surface area contributed by atoms with Gasteiger partial charge in [0.05, 0.1) is 25.4 Å². The summed E-state index contributed by atoms with van der Waals surface area (Å²) >= 11 is 0. The molecule has 0 spiro atoms. The van der Waals surface area contributed by atoms with E-state index in [0.29, 0.717) is 31.1 Å². The van der Waals surface area contributed by atoms with E-state index in [0.717, 1.165) is 5.56 Å². The fourth-order valence-electron chi connectivity index (χ4n) is 3.65. The van der Waals surface area contributed by atoms with Gasteiger partial charge in [0.25, 0.3) is 5.56 Å². The predicted octanol–water partition coefficient (Wildman–Crippen LogP) is 2.05. The number of nitrogens with one attached hydrogen (secondary N) is 2. The third-order valence-electron chi connectivity index (χ3n) is 5.32. The number of H-pyrrole nitrogens is 1. The van der Waals surface area contributed by atoms with E-state index in [4.69, 9.17) is 15.2 Å². The third-order valence-corrected chi connectivity index (χ3v) is 5.32. The van der Waals surface area contributed by atoms with Crippen molar-refractivity contribution in [2.75, 3.05) is 49.4 Å². The van der Waals surface area contributed by atoms with Gasteiger partial charge in [-0.2, -0.15) is 0 Å². The molecule has 3 aromatic rings. The van der Waals surface area contributed by atoms with E-state index in [1.807, 2.05) is 49.4 Å². The van der Waals surface area contributed by atoms with Gasteiger partial charge in [-0.15, -0.1) is 0 Å². The molecular weight excluding hydrogens is 450 g/mol. The third kappa shape index (κ3) is 6.51. The number of anilines is 3. The zero-order chi connectivity index (χ0) is 25.2. The molecule has 0 unspecified atom stereocenters. The van der Waals surface area contributed by atoms with Gasteiger partial charge >= 0.3 is 5.69 Å². The van der Waals surface area contributed by atoms with Gasteiger partial charge in [0.2, 0.25) is 5.91 Å². The number of carbonyl (C=O) groups is 1. The number of methoxy groups -OCH3 is 1. The van der Waals surface area contributed by atoms with Crippen LogP contribution >= 0.6 is 0 Å². The minimum absolute atomic E-state index is 0.0680. The number of benzene rings is 2. The first-order valence-electron chi connectivity index (χ1n) is 11.4. The number of ether oxygens (including phenoxy) is 2. The van der Waals surface area contributed by atoms with Gasteiger partial charge in [0.1, 0.15) is 11.6 Å². The summed E-state index contributed by atoms with van der Waals surface area (Å²) in [4.78, 5) is 42.3. The topological polar surface area (TPSA) is 132 Å². The van der Waals surface area contributed by atoms with Crippen LogP contribution in [0.5, 0.6) is 5.75 Å². The van der Waals surface area contributed by atoms with E-state index < -0.39 is 17.2 Å². The maximum absolute atomic E-state index is 13.3. The van der Waals surface area contributed by atoms with Crippen LogP contribution in [0.25, 0.3) is 0 Å². The number of hydrogen-bond acceptors (Lipinski definition) is 7. The molecule has 0 radical (unpaired) electrons. The van der Waals surface area contributed by atoms with Gasteiger partial charge < -0.3 is 25.4 Å². The number of aromatic amines is 1. The normalized spacial score (nSPS) is 10.7. The lowest BCUT2D eigenvalue weighted by Gasteiger charge is -2.25. The molecule has 0 saturated carbocycles. The number of rotatable bonds is 12. The highest BCUT2D eigenvalue weighted by Gasteiger charge is 2.24. The van der Waals surface area contributed by atoms with E-state index in [1.165, 1.54) is 9.47 Å². The standard InChI is InChI=1S/C25H31N5O5/c1-3-35-20-13-8-7-12-19(20)27-16-21(31)29(14-9-15-34-2)22-23(26)30(25(33)28-24(22)32)17-18-10-5-4-6-11-18/h4-8,10-13,27H,3,9,14-17,26H2,1-2H3,(H,28,32,33). The summed E-state index contributed by atoms with van der Waals surface area (Å²) in [6, 6.07) is 16.5. The van der Waals surface area contributed by atoms with Crippen molar-refractivity contribution in [1.29, 1.82) is 0 Å². The van der Waals surface area contributed by atoms with Crippen LogP contribution in [-0.4, -0.2) is 48.9 Å². The van der Waals surface area contributed by atoms with Crippen molar-refractivity contribution in [3.8, 4) is 5.75 Å². The number of nitrogen functional groups attached to an aromatic ring is 1. The predicted molar refractivity (Wildman–Crippen MR) is 136 cm³/mol. The van der Waals surface area contributed by atoms with Crippen molar-refractivity contribution in [1.82, 2.24) is 9.55 Å². The molecule has 186 valence electrons. The number of carbonyl (C=O) groups excluding carboxylic acids is 1. The average Bonchev–Trinajstić information content (AvgIpc) is 2.85. The molecule has 1 aromatic heterocycles. The van der Waals surface area contributed by atoms with Crippen LogP contribution in [-0.2, 0) is 16.1 Å². The number of nitrogens with zero attached hydrogens (tertiary/aromatic N) is 2. The van der Waals surface area contributed by atoms with Crippen molar-refractivity contribution >= 4 is 23.1 Å². The first kappa shape index (κ1) is 25.6. The Hall–Kier alpha value is -4.05. The van der Waals surface area contributed by atoms with Crippen LogP contribution < -0.4 is 31.9 Å². The molecule has 0 aliphatic heterocycles. The Kier molecular flexibility index (Phi) is 9.08. The minimum Gasteiger partial charge on any atom is -0.492 e. The molecule has 2 aromatic carbocycles. The van der Waals surface area contributed by atoms with Crippen molar-refractivity contribution < 1.29 is 14.3 Å². The zero-order valence-electron chi connectivity index (χ0n) is 20.0. The molecule has 4 N–H and O–H groups in total. The van der Waals surface area contributed by atoms with E-state index >= 15 is 0 Å². The zero-order valence-corrected chi connectivity index (χ0v) is 20.0. The van der Waals surface area contributed by atoms with Gasteiger partial charge in [-0.3, -0.25) is 19.1 Å². The van der Waals surface area contributed by atoms with Crippen molar-refractivity contribution in [2.24, 2.45) is 0 Å². The molecule has 0 saturated heterocycles. The van der Waals surface area contributed by atoms with Crippen molar-refractivity contribution in [2.45, 2.75) is 19.9 Å². The first-order chi connectivity index (χ1) is 17.0. The lowest BCUT2D eigenvalue weighted by molar-refractivity contribution is -0.117. The molecule has 3 rings (SSSR count). The van der Waals surface area contributed by atoms with Gasteiger partial charge in [0, 0.05) is 20.3 Å². The fourth-order valence-corrected chi connectivity index (χ4v) is 3.65.